The minimum absolute atomic E-state index is 0.0561. The van der Waals surface area contributed by atoms with Gasteiger partial charge in [0.05, 0.1) is 23.2 Å². The molecule has 0 aliphatic heterocycles. The third kappa shape index (κ3) is 9.73. The number of anilines is 2. The van der Waals surface area contributed by atoms with Crippen LogP contribution < -0.4 is 26.6 Å². The molecule has 22 heteroatoms. The van der Waals surface area contributed by atoms with Crippen LogP contribution in [0.2, 0.25) is 0 Å². The number of nitrogens with two attached hydrogens (primary N) is 2. The van der Waals surface area contributed by atoms with Gasteiger partial charge in [-0.25, -0.2) is 0 Å². The number of likely N-dealkylation sites (N-methyl/N-ethyl adjacent to an activating group) is 2. The van der Waals surface area contributed by atoms with Crippen LogP contribution in [0.15, 0.2) is 45.9 Å². The van der Waals surface area contributed by atoms with Crippen LogP contribution in [0.3, 0.4) is 0 Å². The zero-order chi connectivity index (χ0) is 59.8. The Labute approximate surface area is 471 Å². The predicted octanol–water partition coefficient (Wildman–Crippen LogP) is 2.57. The van der Waals surface area contributed by atoms with Crippen LogP contribution in [0.25, 0.3) is 11.5 Å². The van der Waals surface area contributed by atoms with Crippen LogP contribution in [0.1, 0.15) is 92.2 Å². The predicted molar refractivity (Wildman–Crippen MR) is 302 cm³/mol. The molecule has 2 aromatic rings. The average Bonchev–Trinajstić information content (AvgIpc) is 3.52. The molecular weight excluding hydrogens is 1040 g/mol. The number of nitrogens with zero attached hydrogens (tertiary/aromatic N) is 5. The summed E-state index contributed by atoms with van der Waals surface area (Å²) in [5, 5.41) is 95.1. The molecule has 8 atom stereocenters. The average molecular weight is 1130 g/mol. The Bertz CT molecular complexity index is 3110. The summed E-state index contributed by atoms with van der Waals surface area (Å²) in [5.41, 5.74) is 7.76. The number of phenols is 2. The maximum atomic E-state index is 14.1. The van der Waals surface area contributed by atoms with E-state index in [1.807, 2.05) is 64.0 Å². The van der Waals surface area contributed by atoms with Crippen molar-refractivity contribution in [2.75, 3.05) is 85.8 Å². The van der Waals surface area contributed by atoms with Gasteiger partial charge in [-0.05, 0) is 127 Å². The van der Waals surface area contributed by atoms with Crippen molar-refractivity contribution in [2.24, 2.45) is 41.1 Å². The van der Waals surface area contributed by atoms with Gasteiger partial charge in [0.25, 0.3) is 11.8 Å². The Morgan fingerprint density at radius 2 is 1.01 bits per heavy atom. The lowest BCUT2D eigenvalue weighted by Crippen LogP contribution is -2.65. The molecule has 0 radical (unpaired) electrons. The fourth-order valence-corrected chi connectivity index (χ4v) is 14.2. The van der Waals surface area contributed by atoms with Gasteiger partial charge in [0.15, 0.2) is 22.8 Å². The molecule has 2 aromatic carbocycles. The van der Waals surface area contributed by atoms with Crippen LogP contribution in [0.4, 0.5) is 11.4 Å². The topological polar surface area (TPSA) is 345 Å². The lowest BCUT2D eigenvalue weighted by molar-refractivity contribution is -0.155. The fourth-order valence-electron chi connectivity index (χ4n) is 14.2. The van der Waals surface area contributed by atoms with Crippen molar-refractivity contribution in [3.05, 3.63) is 79.3 Å². The normalized spacial score (nSPS) is 27.4. The van der Waals surface area contributed by atoms with Gasteiger partial charge in [0.2, 0.25) is 11.6 Å². The van der Waals surface area contributed by atoms with Gasteiger partial charge in [-0.1, -0.05) is 33.1 Å². The number of hydrogen-bond donors (Lipinski definition) is 11. The zero-order valence-corrected chi connectivity index (χ0v) is 48.0. The van der Waals surface area contributed by atoms with E-state index in [0.717, 1.165) is 31.0 Å². The van der Waals surface area contributed by atoms with Gasteiger partial charge in [0.1, 0.15) is 45.7 Å². The quantitative estimate of drug-likeness (QED) is 0.121. The van der Waals surface area contributed by atoms with E-state index in [1.54, 1.807) is 28.2 Å². The van der Waals surface area contributed by atoms with Crippen LogP contribution in [-0.4, -0.2) is 190 Å². The Hall–Kier alpha value is -6.82. The molecule has 0 saturated heterocycles. The van der Waals surface area contributed by atoms with Crippen molar-refractivity contribution in [3.63, 3.8) is 0 Å². The maximum absolute atomic E-state index is 14.1. The van der Waals surface area contributed by atoms with Crippen LogP contribution >= 0.6 is 0 Å². The van der Waals surface area contributed by atoms with E-state index >= 15 is 0 Å². The van der Waals surface area contributed by atoms with Gasteiger partial charge >= 0.3 is 0 Å². The molecule has 7 aliphatic rings. The molecule has 13 N–H and O–H groups in total. The first-order chi connectivity index (χ1) is 38.0. The monoisotopic (exact) mass is 1120 g/mol. The van der Waals surface area contributed by atoms with E-state index in [2.05, 4.69) is 10.2 Å². The van der Waals surface area contributed by atoms with E-state index in [1.165, 1.54) is 41.9 Å². The van der Waals surface area contributed by atoms with Gasteiger partial charge in [0, 0.05) is 86.8 Å². The van der Waals surface area contributed by atoms with Gasteiger partial charge in [-0.3, -0.25) is 43.5 Å². The molecule has 9 rings (SSSR count). The summed E-state index contributed by atoms with van der Waals surface area (Å²) < 4.78 is 0. The zero-order valence-electron chi connectivity index (χ0n) is 48.0. The van der Waals surface area contributed by atoms with Crippen molar-refractivity contribution in [2.45, 2.75) is 108 Å². The number of rotatable bonds is 14. The molecule has 0 heterocycles. The maximum Gasteiger partial charge on any atom is 0.255 e. The molecule has 0 bridgehead atoms. The van der Waals surface area contributed by atoms with Crippen molar-refractivity contribution in [1.29, 1.82) is 0 Å². The molecule has 3 fully saturated rings. The van der Waals surface area contributed by atoms with Crippen LogP contribution in [0.5, 0.6) is 11.5 Å². The standard InChI is InChI=1S/C31H42N4O7.C28H38N4O7/c1-34(2)20-12-17(14-33-13-15-8-6-5-7-9-15)25(36)22-18(20)10-16-11-19-24(35(3)4)27(38)23(30(32)41)29(40)31(19,42)28(39)21(16)26(22)37;1-7-32(8-2)12-14-11-17(30(3)4)15-9-13-10-16-21(31(5)6)24(35)20(27(29)38)26(37)28(16,39)25(36)18(13)23(34)19(15)22(14)33/h12,15-16,19,24,33,36-37,40,42H,5-11,13-14H2,1-4H3,(H2,32,41);11,13,16,21,33-34,37,39H,7-10,12H2,1-6H3,(H2,29,38)/t16-,19-,24-,31-;13-,16-,21+,28-/m00/s1. The first kappa shape index (κ1) is 60.3. The number of hydrogen-bond acceptors (Lipinski definition) is 20. The summed E-state index contributed by atoms with van der Waals surface area (Å²) >= 11 is 0. The van der Waals surface area contributed by atoms with Crippen molar-refractivity contribution < 1.29 is 69.6 Å². The third-order valence-corrected chi connectivity index (χ3v) is 18.3. The number of amides is 2. The molecule has 0 spiro atoms. The van der Waals surface area contributed by atoms with Gasteiger partial charge in [-0.2, -0.15) is 0 Å². The highest BCUT2D eigenvalue weighted by Crippen LogP contribution is 2.56. The van der Waals surface area contributed by atoms with Crippen molar-refractivity contribution in [3.8, 4) is 11.5 Å². The lowest BCUT2D eigenvalue weighted by Gasteiger charge is -2.50. The summed E-state index contributed by atoms with van der Waals surface area (Å²) in [7, 11) is 13.8. The lowest BCUT2D eigenvalue weighted by atomic mass is 9.57. The van der Waals surface area contributed by atoms with Gasteiger partial charge in [-0.15, -0.1) is 0 Å². The summed E-state index contributed by atoms with van der Waals surface area (Å²) in [6, 6.07) is 1.55. The highest BCUT2D eigenvalue weighted by atomic mass is 16.4. The smallest absolute Gasteiger partial charge is 0.255 e. The second-order valence-corrected chi connectivity index (χ2v) is 23.8. The fraction of sp³-hybridized carbons (Fsp3) is 0.559. The SMILES string of the molecule is CCN(CC)Cc1cc(N(C)C)c2c(c1O)C(O)=C1C(=O)[C@]3(O)C(O)=C(C(N)=O)C(=O)[C@H](N(C)C)[C@@H]3C[C@@H]1C2.CN(C)c1cc(CNCC2CCCCC2)c(O)c2c1C[C@H]1C[C@H]3[C@H](N(C)C)C(=O)C(C(N)=O)=C(O)[C@@]3(O)C(=O)C1=C2O. The van der Waals surface area contributed by atoms with E-state index in [-0.39, 0.29) is 59.5 Å². The molecule has 2 amide bonds. The minimum Gasteiger partial charge on any atom is -0.508 e. The first-order valence-electron chi connectivity index (χ1n) is 27.8. The number of aliphatic hydroxyl groups excluding tert-OH is 4. The van der Waals surface area contributed by atoms with E-state index in [4.69, 9.17) is 11.5 Å². The first-order valence-corrected chi connectivity index (χ1v) is 27.8. The summed E-state index contributed by atoms with van der Waals surface area (Å²) in [6.45, 7) is 7.08. The number of ketones is 4. The Morgan fingerprint density at radius 1 is 0.617 bits per heavy atom. The number of aromatic hydroxyl groups is 2. The number of carbonyl (C=O) groups excluding carboxylic acids is 6. The summed E-state index contributed by atoms with van der Waals surface area (Å²) in [5.74, 6) is -12.3. The largest absolute Gasteiger partial charge is 0.508 e. The van der Waals surface area contributed by atoms with Crippen molar-refractivity contribution >= 4 is 57.8 Å². The molecular formula is C59H80N8O14. The molecule has 81 heavy (non-hydrogen) atoms. The number of carbonyl (C=O) groups is 6. The molecule has 0 unspecified atom stereocenters. The number of benzene rings is 2. The number of nitrogens with one attached hydrogen (secondary N) is 1. The number of primary amides is 2. The van der Waals surface area contributed by atoms with E-state index in [9.17, 15) is 69.6 Å². The molecule has 3 saturated carbocycles. The molecule has 0 aromatic heterocycles. The Balaban J connectivity index is 0.000000213. The van der Waals surface area contributed by atoms with Crippen LogP contribution in [0, 0.1) is 29.6 Å². The number of phenolic OH excluding ortho intramolecular Hbond substituents is 2. The third-order valence-electron chi connectivity index (χ3n) is 18.3. The van der Waals surface area contributed by atoms with E-state index in [0.29, 0.717) is 41.3 Å². The highest BCUT2D eigenvalue weighted by Gasteiger charge is 2.66. The van der Waals surface area contributed by atoms with Gasteiger partial charge < -0.3 is 67.4 Å². The van der Waals surface area contributed by atoms with Crippen molar-refractivity contribution in [1.82, 2.24) is 20.0 Å². The number of fused-ring (bicyclic) bond motifs is 6. The molecule has 22 nitrogen and oxygen atoms in total. The number of aliphatic hydroxyl groups is 6. The minimum atomic E-state index is -2.65. The summed E-state index contributed by atoms with van der Waals surface area (Å²) in [6.07, 6.45) is 6.68. The second-order valence-electron chi connectivity index (χ2n) is 23.8. The Morgan fingerprint density at radius 3 is 1.38 bits per heavy atom. The molecule has 7 aliphatic carbocycles. The molecule has 440 valence electrons. The van der Waals surface area contributed by atoms with Crippen LogP contribution in [-0.2, 0) is 54.7 Å². The second kappa shape index (κ2) is 22.5. The van der Waals surface area contributed by atoms with E-state index < -0.39 is 116 Å². The number of Topliss-reactive ketones (excluding diaryl/α,β-unsaturated/α-hetero) is 4. The highest BCUT2D eigenvalue weighted by molar-refractivity contribution is 6.25. The summed E-state index contributed by atoms with van der Waals surface area (Å²) in [4.78, 5) is 87.8. The Kier molecular flexibility index (Phi) is 16.7.